The molecule has 130 valence electrons. The summed E-state index contributed by atoms with van der Waals surface area (Å²) >= 11 is 0. The fourth-order valence-electron chi connectivity index (χ4n) is 2.98. The molecule has 2 aromatic rings. The van der Waals surface area contributed by atoms with E-state index in [1.165, 1.54) is 0 Å². The van der Waals surface area contributed by atoms with Crippen molar-refractivity contribution in [1.82, 2.24) is 19.7 Å². The molecule has 0 aromatic carbocycles. The molecule has 1 saturated carbocycles. The lowest BCUT2D eigenvalue weighted by molar-refractivity contribution is 0.143. The molecular formula is C16H23N5O3. The van der Waals surface area contributed by atoms with Gasteiger partial charge in [0.25, 0.3) is 0 Å². The first-order chi connectivity index (χ1) is 11.7. The second-order valence-corrected chi connectivity index (χ2v) is 5.94. The molecule has 0 aliphatic heterocycles. The molecule has 2 aromatic heterocycles. The summed E-state index contributed by atoms with van der Waals surface area (Å²) in [5, 5.41) is 17.7. The van der Waals surface area contributed by atoms with E-state index in [1.54, 1.807) is 25.6 Å². The molecule has 1 aliphatic carbocycles. The van der Waals surface area contributed by atoms with Gasteiger partial charge in [-0.25, -0.2) is 4.98 Å². The van der Waals surface area contributed by atoms with Crippen LogP contribution in [0.3, 0.4) is 0 Å². The maximum absolute atomic E-state index is 10.3. The highest BCUT2D eigenvalue weighted by atomic mass is 16.5. The van der Waals surface area contributed by atoms with Gasteiger partial charge in [-0.2, -0.15) is 10.1 Å². The molecule has 0 saturated heterocycles. The Morgan fingerprint density at radius 1 is 1.33 bits per heavy atom. The predicted octanol–water partition coefficient (Wildman–Crippen LogP) is 0.950. The summed E-state index contributed by atoms with van der Waals surface area (Å²) in [7, 11) is 1.62. The van der Waals surface area contributed by atoms with Gasteiger partial charge in [-0.1, -0.05) is 0 Å². The Morgan fingerprint density at radius 2 is 2.25 bits per heavy atom. The Balaban J connectivity index is 1.54. The van der Waals surface area contributed by atoms with Crippen LogP contribution in [0.25, 0.3) is 0 Å². The van der Waals surface area contributed by atoms with Crippen LogP contribution in [0.4, 0.5) is 5.95 Å². The van der Waals surface area contributed by atoms with Crippen LogP contribution in [0.2, 0.25) is 0 Å². The normalized spacial score (nSPS) is 23.3. The average molecular weight is 333 g/mol. The van der Waals surface area contributed by atoms with Crippen LogP contribution in [0.15, 0.2) is 30.7 Å². The van der Waals surface area contributed by atoms with Gasteiger partial charge in [-0.3, -0.25) is 4.68 Å². The molecule has 0 bridgehead atoms. The Bertz CT molecular complexity index is 622. The summed E-state index contributed by atoms with van der Waals surface area (Å²) in [5.74, 6) is 1.33. The van der Waals surface area contributed by atoms with Crippen molar-refractivity contribution in [2.75, 3.05) is 25.6 Å². The molecular weight excluding hydrogens is 310 g/mol. The zero-order valence-electron chi connectivity index (χ0n) is 13.7. The molecule has 0 radical (unpaired) electrons. The van der Waals surface area contributed by atoms with E-state index in [0.717, 1.165) is 19.4 Å². The van der Waals surface area contributed by atoms with Gasteiger partial charge in [0.2, 0.25) is 11.8 Å². The Morgan fingerprint density at radius 3 is 3.04 bits per heavy atom. The zero-order valence-corrected chi connectivity index (χ0v) is 13.7. The lowest BCUT2D eigenvalue weighted by atomic mass is 10.1. The number of nitrogens with zero attached hydrogens (tertiary/aromatic N) is 4. The molecule has 1 aliphatic rings. The van der Waals surface area contributed by atoms with Crippen molar-refractivity contribution in [2.45, 2.75) is 31.5 Å². The molecule has 1 fully saturated rings. The van der Waals surface area contributed by atoms with Crippen molar-refractivity contribution in [3.8, 4) is 5.88 Å². The van der Waals surface area contributed by atoms with Gasteiger partial charge >= 0.3 is 0 Å². The van der Waals surface area contributed by atoms with Crippen LogP contribution in [-0.4, -0.2) is 57.3 Å². The minimum atomic E-state index is -0.424. The minimum Gasteiger partial charge on any atom is -0.475 e. The smallest absolute Gasteiger partial charge is 0.226 e. The summed E-state index contributed by atoms with van der Waals surface area (Å²) in [6, 6.07) is 3.54. The maximum Gasteiger partial charge on any atom is 0.226 e. The molecule has 1 unspecified atom stereocenters. The highest BCUT2D eigenvalue weighted by Gasteiger charge is 2.33. The zero-order chi connectivity index (χ0) is 16.8. The summed E-state index contributed by atoms with van der Waals surface area (Å²) in [5.41, 5.74) is 0. The fourth-order valence-corrected chi connectivity index (χ4v) is 2.98. The third-order valence-electron chi connectivity index (χ3n) is 4.11. The van der Waals surface area contributed by atoms with Crippen molar-refractivity contribution in [2.24, 2.45) is 5.92 Å². The predicted molar refractivity (Wildman–Crippen MR) is 87.8 cm³/mol. The number of aliphatic hydroxyl groups excluding tert-OH is 1. The highest BCUT2D eigenvalue weighted by Crippen LogP contribution is 2.29. The number of hydrogen-bond donors (Lipinski definition) is 2. The van der Waals surface area contributed by atoms with Crippen molar-refractivity contribution in [1.29, 1.82) is 0 Å². The molecule has 3 rings (SSSR count). The van der Waals surface area contributed by atoms with Crippen molar-refractivity contribution in [3.05, 3.63) is 30.7 Å². The first-order valence-corrected chi connectivity index (χ1v) is 8.11. The van der Waals surface area contributed by atoms with Crippen LogP contribution in [0, 0.1) is 5.92 Å². The van der Waals surface area contributed by atoms with E-state index >= 15 is 0 Å². The Kier molecular flexibility index (Phi) is 5.60. The maximum atomic E-state index is 10.3. The van der Waals surface area contributed by atoms with Crippen molar-refractivity contribution >= 4 is 5.95 Å². The van der Waals surface area contributed by atoms with E-state index in [1.807, 2.05) is 16.9 Å². The molecule has 24 heavy (non-hydrogen) atoms. The van der Waals surface area contributed by atoms with E-state index in [4.69, 9.17) is 9.47 Å². The van der Waals surface area contributed by atoms with Gasteiger partial charge in [-0.05, 0) is 24.8 Å². The molecule has 8 heteroatoms. The number of ether oxygens (including phenoxy) is 2. The Labute approximate surface area is 140 Å². The quantitative estimate of drug-likeness (QED) is 0.695. The summed E-state index contributed by atoms with van der Waals surface area (Å²) in [6.45, 7) is 1.75. The van der Waals surface area contributed by atoms with Crippen LogP contribution < -0.4 is 10.1 Å². The van der Waals surface area contributed by atoms with Crippen LogP contribution in [0.1, 0.15) is 12.8 Å². The SMILES string of the molecule is COCCOc1ccnc(N[C@@H]2CC(Cn3cccn3)C[C@H]2O)n1. The minimum absolute atomic E-state index is 0.0696. The molecule has 0 spiro atoms. The fraction of sp³-hybridized carbons (Fsp3) is 0.562. The number of aliphatic hydroxyl groups is 1. The third-order valence-corrected chi connectivity index (χ3v) is 4.11. The van der Waals surface area contributed by atoms with Crippen molar-refractivity contribution in [3.63, 3.8) is 0 Å². The number of rotatable bonds is 8. The number of hydrogen-bond acceptors (Lipinski definition) is 7. The summed E-state index contributed by atoms with van der Waals surface area (Å²) in [6.07, 6.45) is 6.51. The van der Waals surface area contributed by atoms with Gasteiger partial charge in [0, 0.05) is 38.3 Å². The van der Waals surface area contributed by atoms with E-state index in [0.29, 0.717) is 31.0 Å². The number of aromatic nitrogens is 4. The topological polar surface area (TPSA) is 94.3 Å². The number of nitrogens with one attached hydrogen (secondary N) is 1. The number of anilines is 1. The molecule has 2 heterocycles. The second kappa shape index (κ2) is 8.07. The van der Waals surface area contributed by atoms with Crippen LogP contribution in [-0.2, 0) is 11.3 Å². The summed E-state index contributed by atoms with van der Waals surface area (Å²) in [4.78, 5) is 8.52. The van der Waals surface area contributed by atoms with Crippen LogP contribution >= 0.6 is 0 Å². The largest absolute Gasteiger partial charge is 0.475 e. The van der Waals surface area contributed by atoms with E-state index in [9.17, 15) is 5.11 Å². The highest BCUT2D eigenvalue weighted by molar-refractivity contribution is 5.30. The number of methoxy groups -OCH3 is 1. The van der Waals surface area contributed by atoms with E-state index in [2.05, 4.69) is 20.4 Å². The third kappa shape index (κ3) is 4.42. The molecule has 8 nitrogen and oxygen atoms in total. The summed E-state index contributed by atoms with van der Waals surface area (Å²) < 4.78 is 12.3. The molecule has 0 amide bonds. The van der Waals surface area contributed by atoms with Crippen LogP contribution in [0.5, 0.6) is 5.88 Å². The monoisotopic (exact) mass is 333 g/mol. The lowest BCUT2D eigenvalue weighted by Crippen LogP contribution is -2.28. The molecule has 2 N–H and O–H groups in total. The van der Waals surface area contributed by atoms with Gasteiger partial charge in [0.1, 0.15) is 6.61 Å². The average Bonchev–Trinajstić information content (AvgIpc) is 3.19. The van der Waals surface area contributed by atoms with Gasteiger partial charge < -0.3 is 19.9 Å². The Hall–Kier alpha value is -2.19. The van der Waals surface area contributed by atoms with E-state index < -0.39 is 6.10 Å². The van der Waals surface area contributed by atoms with Gasteiger partial charge in [0.15, 0.2) is 0 Å². The van der Waals surface area contributed by atoms with Crippen molar-refractivity contribution < 1.29 is 14.6 Å². The lowest BCUT2D eigenvalue weighted by Gasteiger charge is -2.16. The molecule has 3 atom stereocenters. The second-order valence-electron chi connectivity index (χ2n) is 5.94. The van der Waals surface area contributed by atoms with Gasteiger partial charge in [0.05, 0.1) is 18.8 Å². The van der Waals surface area contributed by atoms with E-state index in [-0.39, 0.29) is 6.04 Å². The van der Waals surface area contributed by atoms with Gasteiger partial charge in [-0.15, -0.1) is 0 Å². The first kappa shape index (κ1) is 16.7. The standard InChI is InChI=1S/C16H23N5O3/c1-23-7-8-24-15-3-5-17-16(20-15)19-13-9-12(10-14(13)22)11-21-6-2-4-18-21/h2-6,12-14,22H,7-11H2,1H3,(H,17,19,20)/t12?,13-,14-/m1/s1. The first-order valence-electron chi connectivity index (χ1n) is 8.11.